The lowest BCUT2D eigenvalue weighted by atomic mass is 9.85. The Morgan fingerprint density at radius 1 is 1.14 bits per heavy atom. The molecule has 12 heteroatoms. The molecule has 0 atom stereocenters. The largest absolute Gasteiger partial charge is 0.495 e. The maximum absolute atomic E-state index is 12.8. The van der Waals surface area contributed by atoms with Crippen LogP contribution >= 0.6 is 11.6 Å². The molecule has 192 valence electrons. The highest BCUT2D eigenvalue weighted by Crippen LogP contribution is 2.37. The number of nitrogens with zero attached hydrogens (tertiary/aromatic N) is 3. The van der Waals surface area contributed by atoms with E-state index < -0.39 is 10.5 Å². The fourth-order valence-corrected chi connectivity index (χ4v) is 4.49. The molecule has 3 aromatic rings. The minimum atomic E-state index is -5.11. The van der Waals surface area contributed by atoms with E-state index in [-0.39, 0.29) is 16.3 Å². The van der Waals surface area contributed by atoms with Crippen LogP contribution in [0.25, 0.3) is 0 Å². The monoisotopic (exact) mass is 535 g/mol. The summed E-state index contributed by atoms with van der Waals surface area (Å²) in [6.45, 7) is 6.94. The zero-order chi connectivity index (χ0) is 26.3. The number of hydrogen-bond donors (Lipinski definition) is 2. The van der Waals surface area contributed by atoms with Crippen LogP contribution < -0.4 is 19.6 Å². The first-order valence-corrected chi connectivity index (χ1v) is 12.8. The average Bonchev–Trinajstić information content (AvgIpc) is 2.77. The van der Waals surface area contributed by atoms with Crippen molar-refractivity contribution in [2.24, 2.45) is 0 Å². The Morgan fingerprint density at radius 2 is 1.89 bits per heavy atom. The molecule has 0 unspecified atom stereocenters. The highest BCUT2D eigenvalue weighted by atomic mass is 35.5. The second-order valence-electron chi connectivity index (χ2n) is 9.26. The SMILES string of the molecule is COc1cc2c(cc1Nc1ncc(Cl)c(Nc3ccc(OS(=O)(=O)F)cc3C)n1)CN(C)C(C)(C)C2. The average molecular weight is 536 g/mol. The summed E-state index contributed by atoms with van der Waals surface area (Å²) in [7, 11) is -1.38. The van der Waals surface area contributed by atoms with E-state index in [1.165, 1.54) is 35.5 Å². The van der Waals surface area contributed by atoms with Gasteiger partial charge >= 0.3 is 10.5 Å². The van der Waals surface area contributed by atoms with Crippen molar-refractivity contribution >= 4 is 45.2 Å². The van der Waals surface area contributed by atoms with Crippen molar-refractivity contribution in [3.63, 3.8) is 0 Å². The lowest BCUT2D eigenvalue weighted by Gasteiger charge is -2.41. The summed E-state index contributed by atoms with van der Waals surface area (Å²) in [5.41, 5.74) is 4.37. The van der Waals surface area contributed by atoms with Gasteiger partial charge in [0.1, 0.15) is 16.5 Å². The maximum atomic E-state index is 12.8. The van der Waals surface area contributed by atoms with Gasteiger partial charge in [0.15, 0.2) is 5.82 Å². The summed E-state index contributed by atoms with van der Waals surface area (Å²) in [5, 5.41) is 6.58. The quantitative estimate of drug-likeness (QED) is 0.390. The van der Waals surface area contributed by atoms with E-state index in [4.69, 9.17) is 16.3 Å². The topological polar surface area (TPSA) is 106 Å². The molecule has 0 radical (unpaired) electrons. The number of anilines is 4. The molecule has 0 amide bonds. The fraction of sp³-hybridized carbons (Fsp3) is 0.333. The van der Waals surface area contributed by atoms with Crippen LogP contribution in [0.3, 0.4) is 0 Å². The zero-order valence-electron chi connectivity index (χ0n) is 20.5. The maximum Gasteiger partial charge on any atom is 0.488 e. The van der Waals surface area contributed by atoms with E-state index in [1.54, 1.807) is 14.0 Å². The van der Waals surface area contributed by atoms with Crippen molar-refractivity contribution in [2.45, 2.75) is 39.3 Å². The molecule has 1 aliphatic rings. The Balaban J connectivity index is 1.59. The summed E-state index contributed by atoms with van der Waals surface area (Å²) in [4.78, 5) is 11.1. The number of aromatic nitrogens is 2. The van der Waals surface area contributed by atoms with Crippen LogP contribution in [-0.4, -0.2) is 43.0 Å². The van der Waals surface area contributed by atoms with Gasteiger partial charge in [0.2, 0.25) is 5.95 Å². The summed E-state index contributed by atoms with van der Waals surface area (Å²) >= 11 is 6.32. The van der Waals surface area contributed by atoms with Gasteiger partial charge in [-0.3, -0.25) is 4.90 Å². The minimum Gasteiger partial charge on any atom is -0.495 e. The number of nitrogens with one attached hydrogen (secondary N) is 2. The molecule has 36 heavy (non-hydrogen) atoms. The van der Waals surface area contributed by atoms with E-state index in [0.717, 1.165) is 18.7 Å². The molecule has 4 rings (SSSR count). The second-order valence-corrected chi connectivity index (χ2v) is 10.6. The van der Waals surface area contributed by atoms with E-state index in [2.05, 4.69) is 50.6 Å². The van der Waals surface area contributed by atoms with Gasteiger partial charge in [-0.25, -0.2) is 4.98 Å². The molecule has 0 fully saturated rings. The summed E-state index contributed by atoms with van der Waals surface area (Å²) in [6, 6.07) is 8.33. The Kier molecular flexibility index (Phi) is 7.00. The molecular weight excluding hydrogens is 509 g/mol. The van der Waals surface area contributed by atoms with Gasteiger partial charge in [0.25, 0.3) is 0 Å². The highest BCUT2D eigenvalue weighted by molar-refractivity contribution is 7.81. The number of likely N-dealkylation sites (N-methyl/N-ethyl adjacent to an activating group) is 1. The number of aryl methyl sites for hydroxylation is 1. The van der Waals surface area contributed by atoms with Crippen molar-refractivity contribution in [3.05, 3.63) is 58.2 Å². The number of benzene rings is 2. The summed E-state index contributed by atoms with van der Waals surface area (Å²) in [5.74, 6) is 1.15. The molecular formula is C24H27ClFN5O4S. The van der Waals surface area contributed by atoms with Crippen LogP contribution in [0.2, 0.25) is 5.02 Å². The summed E-state index contributed by atoms with van der Waals surface area (Å²) in [6.07, 6.45) is 2.37. The third-order valence-electron chi connectivity index (χ3n) is 6.22. The molecule has 0 saturated heterocycles. The lowest BCUT2D eigenvalue weighted by molar-refractivity contribution is 0.133. The van der Waals surface area contributed by atoms with Gasteiger partial charge in [-0.2, -0.15) is 13.4 Å². The van der Waals surface area contributed by atoms with Crippen LogP contribution in [0, 0.1) is 6.92 Å². The van der Waals surface area contributed by atoms with Crippen molar-refractivity contribution in [1.29, 1.82) is 0 Å². The molecule has 2 aromatic carbocycles. The van der Waals surface area contributed by atoms with Crippen molar-refractivity contribution in [1.82, 2.24) is 14.9 Å². The number of rotatable bonds is 7. The molecule has 2 N–H and O–H groups in total. The Morgan fingerprint density at radius 3 is 2.56 bits per heavy atom. The van der Waals surface area contributed by atoms with Gasteiger partial charge in [0.05, 0.1) is 19.0 Å². The predicted octanol–water partition coefficient (Wildman–Crippen LogP) is 5.29. The van der Waals surface area contributed by atoms with E-state index in [1.807, 2.05) is 12.1 Å². The van der Waals surface area contributed by atoms with Gasteiger partial charge < -0.3 is 19.6 Å². The van der Waals surface area contributed by atoms with Crippen LogP contribution in [0.5, 0.6) is 11.5 Å². The molecule has 2 heterocycles. The van der Waals surface area contributed by atoms with E-state index in [0.29, 0.717) is 28.8 Å². The highest BCUT2D eigenvalue weighted by Gasteiger charge is 2.31. The normalized spacial score (nSPS) is 15.2. The third kappa shape index (κ3) is 5.80. The molecule has 0 saturated carbocycles. The Hall–Kier alpha value is -3.15. The smallest absolute Gasteiger partial charge is 0.488 e. The van der Waals surface area contributed by atoms with Gasteiger partial charge in [-0.15, -0.1) is 0 Å². The number of halogens is 2. The second kappa shape index (κ2) is 9.72. The zero-order valence-corrected chi connectivity index (χ0v) is 22.1. The number of hydrogen-bond acceptors (Lipinski definition) is 9. The first-order valence-electron chi connectivity index (χ1n) is 11.1. The predicted molar refractivity (Wildman–Crippen MR) is 138 cm³/mol. The van der Waals surface area contributed by atoms with Crippen LogP contribution in [0.1, 0.15) is 30.5 Å². The van der Waals surface area contributed by atoms with Crippen LogP contribution in [-0.2, 0) is 23.5 Å². The molecule has 0 spiro atoms. The van der Waals surface area contributed by atoms with Crippen molar-refractivity contribution in [2.75, 3.05) is 24.8 Å². The molecule has 1 aliphatic heterocycles. The first-order chi connectivity index (χ1) is 16.8. The van der Waals surface area contributed by atoms with Gasteiger partial charge in [-0.05, 0) is 81.3 Å². The van der Waals surface area contributed by atoms with Crippen molar-refractivity contribution < 1.29 is 21.2 Å². The Labute approximate surface area is 215 Å². The van der Waals surface area contributed by atoms with Gasteiger partial charge in [-0.1, -0.05) is 15.5 Å². The van der Waals surface area contributed by atoms with E-state index >= 15 is 0 Å². The van der Waals surface area contributed by atoms with Gasteiger partial charge in [0, 0.05) is 17.8 Å². The lowest BCUT2D eigenvalue weighted by Crippen LogP contribution is -2.45. The minimum absolute atomic E-state index is 0.0510. The number of ether oxygens (including phenoxy) is 1. The number of methoxy groups -OCH3 is 1. The van der Waals surface area contributed by atoms with Crippen molar-refractivity contribution in [3.8, 4) is 11.5 Å². The molecule has 0 bridgehead atoms. The summed E-state index contributed by atoms with van der Waals surface area (Å²) < 4.78 is 44.2. The first kappa shape index (κ1) is 25.9. The molecule has 0 aliphatic carbocycles. The molecule has 9 nitrogen and oxygen atoms in total. The fourth-order valence-electron chi connectivity index (χ4n) is 4.02. The van der Waals surface area contributed by atoms with Crippen LogP contribution in [0.4, 0.5) is 27.0 Å². The standard InChI is InChI=1S/C24H27ClFN5O4S/c1-14-8-17(35-36(26,32)33)6-7-19(14)28-22-18(25)12-27-23(30-22)29-20-9-16-13-31(4)24(2,3)11-15(16)10-21(20)34-5/h6-10,12H,11,13H2,1-5H3,(H2,27,28,29,30). The number of fused-ring (bicyclic) bond motifs is 1. The van der Waals surface area contributed by atoms with E-state index in [9.17, 15) is 12.3 Å². The molecule has 1 aromatic heterocycles. The third-order valence-corrected chi connectivity index (χ3v) is 6.89. The Bertz CT molecular complexity index is 1420. The van der Waals surface area contributed by atoms with Crippen LogP contribution in [0.15, 0.2) is 36.5 Å².